The molecule has 0 saturated carbocycles. The van der Waals surface area contributed by atoms with E-state index in [1.807, 2.05) is 24.3 Å². The Labute approximate surface area is 145 Å². The maximum Gasteiger partial charge on any atom is 0.422 e. The number of rotatable bonds is 6. The van der Waals surface area contributed by atoms with Gasteiger partial charge in [0.25, 0.3) is 0 Å². The van der Waals surface area contributed by atoms with Gasteiger partial charge in [-0.25, -0.2) is 4.79 Å². The number of likely N-dealkylation sites (N-methyl/N-ethyl adjacent to an activating group) is 1. The van der Waals surface area contributed by atoms with Crippen LogP contribution in [0.3, 0.4) is 0 Å². The average molecular weight is 359 g/mol. The number of piperazine rings is 1. The predicted molar refractivity (Wildman–Crippen MR) is 88.1 cm³/mol. The molecule has 8 heteroatoms. The molecule has 25 heavy (non-hydrogen) atoms. The van der Waals surface area contributed by atoms with E-state index in [2.05, 4.69) is 26.8 Å². The number of ether oxygens (including phenoxy) is 1. The van der Waals surface area contributed by atoms with E-state index in [0.29, 0.717) is 0 Å². The summed E-state index contributed by atoms with van der Waals surface area (Å²) < 4.78 is 40.3. The molecule has 1 N–H and O–H groups in total. The molecule has 0 aromatic heterocycles. The van der Waals surface area contributed by atoms with E-state index in [1.54, 1.807) is 0 Å². The van der Waals surface area contributed by atoms with Gasteiger partial charge in [0.1, 0.15) is 0 Å². The van der Waals surface area contributed by atoms with Crippen LogP contribution in [0.1, 0.15) is 18.1 Å². The first-order valence-electron chi connectivity index (χ1n) is 8.36. The summed E-state index contributed by atoms with van der Waals surface area (Å²) in [6.07, 6.45) is -5.58. The van der Waals surface area contributed by atoms with Gasteiger partial charge in [-0.1, -0.05) is 31.2 Å². The number of carbonyl (C=O) groups is 1. The number of nitrogens with one attached hydrogen (secondary N) is 1. The van der Waals surface area contributed by atoms with Crippen LogP contribution in [0, 0.1) is 0 Å². The van der Waals surface area contributed by atoms with Crippen LogP contribution in [-0.2, 0) is 17.8 Å². The number of benzene rings is 1. The highest BCUT2D eigenvalue weighted by Crippen LogP contribution is 2.15. The highest BCUT2D eigenvalue weighted by molar-refractivity contribution is 5.67. The topological polar surface area (TPSA) is 44.8 Å². The van der Waals surface area contributed by atoms with E-state index in [1.165, 1.54) is 0 Å². The number of alkyl halides is 3. The molecule has 0 aliphatic carbocycles. The molecule has 1 amide bonds. The van der Waals surface area contributed by atoms with Gasteiger partial charge < -0.3 is 15.0 Å². The third-order valence-electron chi connectivity index (χ3n) is 4.21. The Morgan fingerprint density at radius 1 is 1.12 bits per heavy atom. The molecule has 1 aromatic rings. The quantitative estimate of drug-likeness (QED) is 0.848. The summed E-state index contributed by atoms with van der Waals surface area (Å²) >= 11 is 0. The minimum absolute atomic E-state index is 0.141. The molecule has 1 aromatic carbocycles. The van der Waals surface area contributed by atoms with E-state index in [9.17, 15) is 18.0 Å². The summed E-state index contributed by atoms with van der Waals surface area (Å²) in [5.41, 5.74) is 1.94. The standard InChI is InChI=1S/C17H24F3N3O2/c1-2-22-7-9-23(10-8-22)12-15-6-4-3-5-14(15)11-21-16(24)25-13-17(18,19)20/h3-6H,2,7-13H2,1H3,(H,21,24). The fourth-order valence-electron chi connectivity index (χ4n) is 2.75. The highest BCUT2D eigenvalue weighted by atomic mass is 19.4. The maximum atomic E-state index is 12.0. The Hall–Kier alpha value is -1.80. The largest absolute Gasteiger partial charge is 0.440 e. The second kappa shape index (κ2) is 9.05. The van der Waals surface area contributed by atoms with Crippen LogP contribution in [-0.4, -0.2) is 61.4 Å². The zero-order valence-electron chi connectivity index (χ0n) is 14.3. The molecular weight excluding hydrogens is 335 g/mol. The second-order valence-electron chi connectivity index (χ2n) is 6.02. The number of amides is 1. The van der Waals surface area contributed by atoms with Crippen molar-refractivity contribution >= 4 is 6.09 Å². The molecule has 1 aliphatic heterocycles. The summed E-state index contributed by atoms with van der Waals surface area (Å²) in [5.74, 6) is 0. The molecule has 1 heterocycles. The third-order valence-corrected chi connectivity index (χ3v) is 4.21. The number of hydrogen-bond acceptors (Lipinski definition) is 4. The van der Waals surface area contributed by atoms with E-state index in [0.717, 1.165) is 50.4 Å². The Kier molecular flexibility index (Phi) is 7.07. The van der Waals surface area contributed by atoms with Crippen molar-refractivity contribution in [3.05, 3.63) is 35.4 Å². The first-order valence-corrected chi connectivity index (χ1v) is 8.36. The minimum Gasteiger partial charge on any atom is -0.440 e. The lowest BCUT2D eigenvalue weighted by Gasteiger charge is -2.34. The van der Waals surface area contributed by atoms with Crippen molar-refractivity contribution in [1.29, 1.82) is 0 Å². The van der Waals surface area contributed by atoms with Crippen LogP contribution in [0.2, 0.25) is 0 Å². The molecule has 0 spiro atoms. The molecule has 1 fully saturated rings. The van der Waals surface area contributed by atoms with Gasteiger partial charge in [0, 0.05) is 39.3 Å². The molecule has 0 bridgehead atoms. The van der Waals surface area contributed by atoms with Crippen LogP contribution in [0.5, 0.6) is 0 Å². The second-order valence-corrected chi connectivity index (χ2v) is 6.02. The van der Waals surface area contributed by atoms with E-state index in [-0.39, 0.29) is 6.54 Å². The highest BCUT2D eigenvalue weighted by Gasteiger charge is 2.29. The molecule has 1 saturated heterocycles. The summed E-state index contributed by atoms with van der Waals surface area (Å²) in [5, 5.41) is 2.38. The summed E-state index contributed by atoms with van der Waals surface area (Å²) in [7, 11) is 0. The zero-order valence-corrected chi connectivity index (χ0v) is 14.3. The molecule has 2 rings (SSSR count). The Balaban J connectivity index is 1.85. The Morgan fingerprint density at radius 2 is 1.72 bits per heavy atom. The van der Waals surface area contributed by atoms with E-state index >= 15 is 0 Å². The lowest BCUT2D eigenvalue weighted by atomic mass is 10.1. The Morgan fingerprint density at radius 3 is 2.32 bits per heavy atom. The van der Waals surface area contributed by atoms with Crippen molar-refractivity contribution in [3.63, 3.8) is 0 Å². The van der Waals surface area contributed by atoms with Gasteiger partial charge in [-0.15, -0.1) is 0 Å². The lowest BCUT2D eigenvalue weighted by Crippen LogP contribution is -2.45. The van der Waals surface area contributed by atoms with Crippen molar-refractivity contribution in [2.45, 2.75) is 26.2 Å². The van der Waals surface area contributed by atoms with Gasteiger partial charge in [-0.05, 0) is 17.7 Å². The van der Waals surface area contributed by atoms with Crippen LogP contribution >= 0.6 is 0 Å². The molecule has 0 radical (unpaired) electrons. The fraction of sp³-hybridized carbons (Fsp3) is 0.588. The lowest BCUT2D eigenvalue weighted by molar-refractivity contribution is -0.160. The fourth-order valence-corrected chi connectivity index (χ4v) is 2.75. The van der Waals surface area contributed by atoms with Crippen LogP contribution < -0.4 is 5.32 Å². The molecule has 5 nitrogen and oxygen atoms in total. The van der Waals surface area contributed by atoms with Gasteiger partial charge in [0.05, 0.1) is 0 Å². The van der Waals surface area contributed by atoms with E-state index < -0.39 is 18.9 Å². The predicted octanol–water partition coefficient (Wildman–Crippen LogP) is 2.61. The van der Waals surface area contributed by atoms with Gasteiger partial charge in [-0.2, -0.15) is 13.2 Å². The molecule has 0 unspecified atom stereocenters. The van der Waals surface area contributed by atoms with Crippen LogP contribution in [0.15, 0.2) is 24.3 Å². The molecule has 1 aliphatic rings. The first-order chi connectivity index (χ1) is 11.9. The van der Waals surface area contributed by atoms with Crippen LogP contribution in [0.4, 0.5) is 18.0 Å². The number of nitrogens with zero attached hydrogens (tertiary/aromatic N) is 2. The zero-order chi connectivity index (χ0) is 18.3. The molecule has 0 atom stereocenters. The SMILES string of the molecule is CCN1CCN(Cc2ccccc2CNC(=O)OCC(F)(F)F)CC1. The van der Waals surface area contributed by atoms with Gasteiger partial charge in [0.15, 0.2) is 6.61 Å². The number of carbonyl (C=O) groups excluding carboxylic acids is 1. The van der Waals surface area contributed by atoms with Crippen molar-refractivity contribution in [2.75, 3.05) is 39.3 Å². The normalized spacial score (nSPS) is 16.6. The van der Waals surface area contributed by atoms with Gasteiger partial charge >= 0.3 is 12.3 Å². The summed E-state index contributed by atoms with van der Waals surface area (Å²) in [6, 6.07) is 7.60. The monoisotopic (exact) mass is 359 g/mol. The van der Waals surface area contributed by atoms with Crippen molar-refractivity contribution in [3.8, 4) is 0 Å². The van der Waals surface area contributed by atoms with Gasteiger partial charge in [0.2, 0.25) is 0 Å². The maximum absolute atomic E-state index is 12.0. The number of hydrogen-bond donors (Lipinski definition) is 1. The number of alkyl carbamates (subject to hydrolysis) is 1. The van der Waals surface area contributed by atoms with Crippen molar-refractivity contribution < 1.29 is 22.7 Å². The third kappa shape index (κ3) is 6.91. The van der Waals surface area contributed by atoms with E-state index in [4.69, 9.17) is 0 Å². The summed E-state index contributed by atoms with van der Waals surface area (Å²) in [6.45, 7) is 6.52. The van der Waals surface area contributed by atoms with Crippen molar-refractivity contribution in [1.82, 2.24) is 15.1 Å². The molecular formula is C17H24F3N3O2. The Bertz CT molecular complexity index is 558. The first kappa shape index (κ1) is 19.5. The van der Waals surface area contributed by atoms with Crippen molar-refractivity contribution in [2.24, 2.45) is 0 Å². The van der Waals surface area contributed by atoms with Crippen LogP contribution in [0.25, 0.3) is 0 Å². The smallest absolute Gasteiger partial charge is 0.422 e. The van der Waals surface area contributed by atoms with Gasteiger partial charge in [-0.3, -0.25) is 4.90 Å². The minimum atomic E-state index is -4.52. The average Bonchev–Trinajstić information content (AvgIpc) is 2.59. The molecule has 140 valence electrons. The summed E-state index contributed by atoms with van der Waals surface area (Å²) in [4.78, 5) is 16.1. The number of halogens is 3.